The number of hydrogen-bond donors (Lipinski definition) is 1. The Morgan fingerprint density at radius 3 is 2.50 bits per heavy atom. The molecule has 102 valence electrons. The fraction of sp³-hybridized carbons (Fsp3) is 0.750. The highest BCUT2D eigenvalue weighted by molar-refractivity contribution is 7.89. The molecule has 5 nitrogen and oxygen atoms in total. The third kappa shape index (κ3) is 2.75. The Kier molecular flexibility index (Phi) is 3.77. The number of nitrogens with one attached hydrogen (secondary N) is 1. The molecule has 0 radical (unpaired) electrons. The third-order valence-corrected chi connectivity index (χ3v) is 4.99. The first-order chi connectivity index (χ1) is 8.40. The van der Waals surface area contributed by atoms with Gasteiger partial charge in [0.05, 0.1) is 5.69 Å². The quantitative estimate of drug-likeness (QED) is 0.911. The molecule has 0 atom stereocenters. The van der Waals surface area contributed by atoms with E-state index in [-0.39, 0.29) is 12.1 Å². The second-order valence-electron chi connectivity index (χ2n) is 5.26. The molecule has 1 aliphatic carbocycles. The van der Waals surface area contributed by atoms with E-state index in [1.807, 2.05) is 13.8 Å². The largest absolute Gasteiger partial charge is 0.269 e. The molecule has 0 amide bonds. The summed E-state index contributed by atoms with van der Waals surface area (Å²) in [6, 6.07) is 0.260. The van der Waals surface area contributed by atoms with Gasteiger partial charge in [-0.1, -0.05) is 12.8 Å². The normalized spacial score (nSPS) is 17.8. The minimum Gasteiger partial charge on any atom is -0.269 e. The van der Waals surface area contributed by atoms with Crippen LogP contribution in [0.5, 0.6) is 0 Å². The molecule has 1 aliphatic rings. The number of nitrogens with zero attached hydrogens (tertiary/aromatic N) is 2. The summed E-state index contributed by atoms with van der Waals surface area (Å²) in [5, 5.41) is 4.25. The minimum absolute atomic E-state index is 0.0943. The first-order valence-electron chi connectivity index (χ1n) is 6.48. The van der Waals surface area contributed by atoms with Crippen LogP contribution in [0.3, 0.4) is 0 Å². The van der Waals surface area contributed by atoms with E-state index in [2.05, 4.69) is 9.82 Å². The first-order valence-corrected chi connectivity index (χ1v) is 7.96. The van der Waals surface area contributed by atoms with Crippen molar-refractivity contribution in [3.63, 3.8) is 0 Å². The van der Waals surface area contributed by atoms with Gasteiger partial charge in [-0.15, -0.1) is 0 Å². The molecular formula is C12H21N3O2S. The van der Waals surface area contributed by atoms with Gasteiger partial charge in [0.2, 0.25) is 10.0 Å². The fourth-order valence-electron chi connectivity index (χ4n) is 2.32. The summed E-state index contributed by atoms with van der Waals surface area (Å²) < 4.78 is 29.0. The maximum atomic E-state index is 12.3. The predicted octanol–water partition coefficient (Wildman–Crippen LogP) is 1.99. The number of hydrogen-bond acceptors (Lipinski definition) is 3. The molecular weight excluding hydrogens is 250 g/mol. The Morgan fingerprint density at radius 1 is 1.39 bits per heavy atom. The summed E-state index contributed by atoms with van der Waals surface area (Å²) in [6.07, 6.45) is 5.72. The van der Waals surface area contributed by atoms with Crippen molar-refractivity contribution < 1.29 is 8.42 Å². The van der Waals surface area contributed by atoms with Crippen LogP contribution in [-0.2, 0) is 10.0 Å². The molecule has 0 aromatic carbocycles. The van der Waals surface area contributed by atoms with Crippen molar-refractivity contribution in [1.82, 2.24) is 14.5 Å². The van der Waals surface area contributed by atoms with Crippen molar-refractivity contribution in [2.24, 2.45) is 0 Å². The maximum absolute atomic E-state index is 12.3. The molecule has 2 rings (SSSR count). The van der Waals surface area contributed by atoms with Crippen molar-refractivity contribution in [3.05, 3.63) is 11.9 Å². The number of rotatable bonds is 4. The molecule has 0 unspecified atom stereocenters. The maximum Gasteiger partial charge on any atom is 0.244 e. The van der Waals surface area contributed by atoms with Gasteiger partial charge in [-0.3, -0.25) is 4.68 Å². The fourth-order valence-corrected chi connectivity index (χ4v) is 3.80. The van der Waals surface area contributed by atoms with E-state index in [0.717, 1.165) is 25.7 Å². The van der Waals surface area contributed by atoms with Gasteiger partial charge in [-0.05, 0) is 33.6 Å². The summed E-state index contributed by atoms with van der Waals surface area (Å²) in [4.78, 5) is 0.308. The van der Waals surface area contributed by atoms with Crippen molar-refractivity contribution in [1.29, 1.82) is 0 Å². The van der Waals surface area contributed by atoms with Crippen molar-refractivity contribution in [2.75, 3.05) is 0 Å². The Bertz CT molecular complexity index is 513. The van der Waals surface area contributed by atoms with Gasteiger partial charge >= 0.3 is 0 Å². The van der Waals surface area contributed by atoms with Crippen LogP contribution < -0.4 is 4.72 Å². The van der Waals surface area contributed by atoms with Crippen LogP contribution in [0.4, 0.5) is 0 Å². The molecule has 1 saturated carbocycles. The lowest BCUT2D eigenvalue weighted by atomic mass is 10.3. The van der Waals surface area contributed by atoms with Gasteiger partial charge in [0.25, 0.3) is 0 Å². The second kappa shape index (κ2) is 5.01. The molecule has 1 aromatic heterocycles. The zero-order valence-electron chi connectivity index (χ0n) is 11.2. The molecule has 6 heteroatoms. The van der Waals surface area contributed by atoms with E-state index in [4.69, 9.17) is 0 Å². The highest BCUT2D eigenvalue weighted by Gasteiger charge is 2.26. The van der Waals surface area contributed by atoms with E-state index in [1.54, 1.807) is 17.8 Å². The SMILES string of the molecule is Cc1nn(C(C)C)cc1S(=O)(=O)NC1CCCC1. The van der Waals surface area contributed by atoms with Crippen molar-refractivity contribution >= 4 is 10.0 Å². The lowest BCUT2D eigenvalue weighted by Crippen LogP contribution is -2.32. The first kappa shape index (κ1) is 13.5. The molecule has 0 bridgehead atoms. The summed E-state index contributed by atoms with van der Waals surface area (Å²) in [5.74, 6) is 0. The summed E-state index contributed by atoms with van der Waals surface area (Å²) in [7, 11) is -3.42. The predicted molar refractivity (Wildman–Crippen MR) is 69.9 cm³/mol. The average Bonchev–Trinajstić information content (AvgIpc) is 2.86. The van der Waals surface area contributed by atoms with Crippen molar-refractivity contribution in [3.8, 4) is 0 Å². The second-order valence-corrected chi connectivity index (χ2v) is 6.94. The zero-order valence-corrected chi connectivity index (χ0v) is 12.0. The van der Waals surface area contributed by atoms with E-state index in [9.17, 15) is 8.42 Å². The van der Waals surface area contributed by atoms with Gasteiger partial charge in [0.15, 0.2) is 0 Å². The molecule has 1 heterocycles. The Balaban J connectivity index is 2.23. The highest BCUT2D eigenvalue weighted by Crippen LogP contribution is 2.22. The highest BCUT2D eigenvalue weighted by atomic mass is 32.2. The van der Waals surface area contributed by atoms with E-state index in [1.165, 1.54) is 0 Å². The number of sulfonamides is 1. The molecule has 18 heavy (non-hydrogen) atoms. The molecule has 0 spiro atoms. The molecule has 0 aliphatic heterocycles. The summed E-state index contributed by atoms with van der Waals surface area (Å²) >= 11 is 0. The van der Waals surface area contributed by atoms with Crippen LogP contribution in [0.2, 0.25) is 0 Å². The Hall–Kier alpha value is -0.880. The van der Waals surface area contributed by atoms with Gasteiger partial charge in [-0.2, -0.15) is 5.10 Å². The van der Waals surface area contributed by atoms with Crippen LogP contribution in [-0.4, -0.2) is 24.2 Å². The van der Waals surface area contributed by atoms with Gasteiger partial charge in [0.1, 0.15) is 4.90 Å². The van der Waals surface area contributed by atoms with Crippen LogP contribution in [0, 0.1) is 6.92 Å². The Morgan fingerprint density at radius 2 is 2.00 bits per heavy atom. The smallest absolute Gasteiger partial charge is 0.244 e. The average molecular weight is 271 g/mol. The lowest BCUT2D eigenvalue weighted by molar-refractivity contribution is 0.527. The van der Waals surface area contributed by atoms with Crippen LogP contribution in [0.15, 0.2) is 11.1 Å². The summed E-state index contributed by atoms with van der Waals surface area (Å²) in [6.45, 7) is 5.70. The molecule has 1 aromatic rings. The lowest BCUT2D eigenvalue weighted by Gasteiger charge is -2.11. The number of aryl methyl sites for hydroxylation is 1. The topological polar surface area (TPSA) is 64.0 Å². The summed E-state index contributed by atoms with van der Waals surface area (Å²) in [5.41, 5.74) is 0.564. The van der Waals surface area contributed by atoms with Gasteiger partial charge in [-0.25, -0.2) is 13.1 Å². The zero-order chi connectivity index (χ0) is 13.3. The molecule has 1 N–H and O–H groups in total. The third-order valence-electron chi connectivity index (χ3n) is 3.37. The molecule has 1 fully saturated rings. The van der Waals surface area contributed by atoms with Crippen LogP contribution in [0.25, 0.3) is 0 Å². The van der Waals surface area contributed by atoms with Gasteiger partial charge < -0.3 is 0 Å². The van der Waals surface area contributed by atoms with Crippen LogP contribution in [0.1, 0.15) is 51.3 Å². The van der Waals surface area contributed by atoms with Gasteiger partial charge in [0, 0.05) is 18.3 Å². The monoisotopic (exact) mass is 271 g/mol. The van der Waals surface area contributed by atoms with Crippen LogP contribution >= 0.6 is 0 Å². The van der Waals surface area contributed by atoms with E-state index >= 15 is 0 Å². The van der Waals surface area contributed by atoms with E-state index < -0.39 is 10.0 Å². The number of aromatic nitrogens is 2. The minimum atomic E-state index is -3.42. The standard InChI is InChI=1S/C12H21N3O2S/c1-9(2)15-8-12(10(3)13-15)18(16,17)14-11-6-4-5-7-11/h8-9,11,14H,4-7H2,1-3H3. The van der Waals surface area contributed by atoms with Crippen molar-refractivity contribution in [2.45, 2.75) is 63.4 Å². The van der Waals surface area contributed by atoms with E-state index in [0.29, 0.717) is 10.6 Å². The molecule has 0 saturated heterocycles. The Labute approximate surface area is 109 Å².